The molecule has 1 aliphatic carbocycles. The molecule has 29 heavy (non-hydrogen) atoms. The van der Waals surface area contributed by atoms with Crippen LogP contribution in [0.5, 0.6) is 0 Å². The minimum atomic E-state index is 0.158. The van der Waals surface area contributed by atoms with Crippen LogP contribution >= 0.6 is 0 Å². The van der Waals surface area contributed by atoms with Crippen molar-refractivity contribution in [3.8, 4) is 0 Å². The van der Waals surface area contributed by atoms with Gasteiger partial charge in [0.05, 0.1) is 0 Å². The Labute approximate surface area is 175 Å². The number of likely N-dealkylation sites (tertiary alicyclic amines) is 2. The van der Waals surface area contributed by atoms with E-state index in [1.54, 1.807) is 0 Å². The molecule has 0 saturated carbocycles. The molecule has 0 amide bonds. The minimum Gasteiger partial charge on any atom is -0.301 e. The zero-order valence-electron chi connectivity index (χ0n) is 18.0. The number of nitrogens with zero attached hydrogens (tertiary/aromatic N) is 2. The molecular weight excluding hydrogens is 356 g/mol. The Bertz CT molecular complexity index is 900. The summed E-state index contributed by atoms with van der Waals surface area (Å²) in [5.74, 6) is 0.537. The van der Waals surface area contributed by atoms with Crippen LogP contribution in [0.3, 0.4) is 0 Å². The standard InChI is InChI=1S/C26H34N2O/c1-18(2)27-15-12-22(13-16-27)28-14-4-6-21(17-28)26(29)24-11-10-20-9-8-19-5-3-7-23(24)25(19)20/h3,5,7,10-11,18,21-22H,4,6,8-9,12-17H2,1-2H3/t21-/m1/s1. The maximum Gasteiger partial charge on any atom is 0.167 e. The molecule has 2 aromatic carbocycles. The van der Waals surface area contributed by atoms with Gasteiger partial charge in [-0.25, -0.2) is 0 Å². The van der Waals surface area contributed by atoms with E-state index in [4.69, 9.17) is 0 Å². The fourth-order valence-electron chi connectivity index (χ4n) is 6.00. The smallest absolute Gasteiger partial charge is 0.167 e. The number of ketones is 1. The Morgan fingerprint density at radius 2 is 1.72 bits per heavy atom. The van der Waals surface area contributed by atoms with Crippen molar-refractivity contribution in [2.24, 2.45) is 5.92 Å². The number of Topliss-reactive ketones (excluding diaryl/α,β-unsaturated/α-hetero) is 1. The number of carbonyl (C=O) groups excluding carboxylic acids is 1. The van der Waals surface area contributed by atoms with Crippen LogP contribution < -0.4 is 0 Å². The van der Waals surface area contributed by atoms with E-state index < -0.39 is 0 Å². The van der Waals surface area contributed by atoms with Crippen molar-refractivity contribution in [1.29, 1.82) is 0 Å². The van der Waals surface area contributed by atoms with Gasteiger partial charge >= 0.3 is 0 Å². The summed E-state index contributed by atoms with van der Waals surface area (Å²) >= 11 is 0. The zero-order valence-corrected chi connectivity index (χ0v) is 18.0. The maximum absolute atomic E-state index is 13.6. The maximum atomic E-state index is 13.6. The van der Waals surface area contributed by atoms with Crippen molar-refractivity contribution in [2.75, 3.05) is 26.2 Å². The molecule has 2 fully saturated rings. The van der Waals surface area contributed by atoms with E-state index in [-0.39, 0.29) is 5.92 Å². The molecule has 0 unspecified atom stereocenters. The van der Waals surface area contributed by atoms with Crippen molar-refractivity contribution in [1.82, 2.24) is 9.80 Å². The van der Waals surface area contributed by atoms with Crippen LogP contribution in [0.25, 0.3) is 10.8 Å². The lowest BCUT2D eigenvalue weighted by Gasteiger charge is -2.43. The van der Waals surface area contributed by atoms with Gasteiger partial charge in [0, 0.05) is 30.1 Å². The summed E-state index contributed by atoms with van der Waals surface area (Å²) in [6.07, 6.45) is 6.94. The largest absolute Gasteiger partial charge is 0.301 e. The van der Waals surface area contributed by atoms with Crippen LogP contribution in [0.4, 0.5) is 0 Å². The van der Waals surface area contributed by atoms with E-state index in [2.05, 4.69) is 54.0 Å². The zero-order chi connectivity index (χ0) is 20.0. The van der Waals surface area contributed by atoms with Crippen molar-refractivity contribution in [3.05, 3.63) is 47.0 Å². The number of hydrogen-bond acceptors (Lipinski definition) is 3. The summed E-state index contributed by atoms with van der Waals surface area (Å²) < 4.78 is 0. The van der Waals surface area contributed by atoms with Gasteiger partial charge in [0.1, 0.15) is 0 Å². The first-order valence-corrected chi connectivity index (χ1v) is 11.7. The van der Waals surface area contributed by atoms with Gasteiger partial charge in [0.2, 0.25) is 0 Å². The molecule has 3 heteroatoms. The van der Waals surface area contributed by atoms with Gasteiger partial charge in [-0.2, -0.15) is 0 Å². The molecule has 0 spiro atoms. The van der Waals surface area contributed by atoms with E-state index in [0.717, 1.165) is 37.8 Å². The van der Waals surface area contributed by atoms with Crippen LogP contribution in [0.1, 0.15) is 61.0 Å². The average Bonchev–Trinajstić information content (AvgIpc) is 3.19. The first-order chi connectivity index (χ1) is 14.1. The molecule has 2 aliphatic heterocycles. The third-order valence-corrected chi connectivity index (χ3v) is 7.71. The number of rotatable bonds is 4. The van der Waals surface area contributed by atoms with E-state index >= 15 is 0 Å². The Hall–Kier alpha value is -1.71. The predicted molar refractivity (Wildman–Crippen MR) is 120 cm³/mol. The molecule has 0 radical (unpaired) electrons. The van der Waals surface area contributed by atoms with Crippen LogP contribution in [-0.2, 0) is 12.8 Å². The quantitative estimate of drug-likeness (QED) is 0.707. The highest BCUT2D eigenvalue weighted by Gasteiger charge is 2.33. The molecule has 0 bridgehead atoms. The van der Waals surface area contributed by atoms with Gasteiger partial charge in [-0.05, 0) is 93.9 Å². The summed E-state index contributed by atoms with van der Waals surface area (Å²) in [4.78, 5) is 18.8. The number of benzene rings is 2. The second-order valence-corrected chi connectivity index (χ2v) is 9.67. The van der Waals surface area contributed by atoms with Gasteiger partial charge in [-0.1, -0.05) is 30.3 Å². The predicted octanol–water partition coefficient (Wildman–Crippen LogP) is 4.71. The molecule has 0 aromatic heterocycles. The molecule has 3 nitrogen and oxygen atoms in total. The highest BCUT2D eigenvalue weighted by atomic mass is 16.1. The summed E-state index contributed by atoms with van der Waals surface area (Å²) in [5.41, 5.74) is 3.82. The topological polar surface area (TPSA) is 23.6 Å². The fourth-order valence-corrected chi connectivity index (χ4v) is 6.00. The number of aryl methyl sites for hydroxylation is 2. The van der Waals surface area contributed by atoms with Gasteiger partial charge in [-0.3, -0.25) is 9.69 Å². The second kappa shape index (κ2) is 7.85. The van der Waals surface area contributed by atoms with Gasteiger partial charge in [-0.15, -0.1) is 0 Å². The Morgan fingerprint density at radius 1 is 0.966 bits per heavy atom. The summed E-state index contributed by atoms with van der Waals surface area (Å²) in [7, 11) is 0. The number of piperidine rings is 2. The summed E-state index contributed by atoms with van der Waals surface area (Å²) in [6.45, 7) is 9.12. The Kier molecular flexibility index (Phi) is 5.21. The molecule has 2 heterocycles. The molecule has 1 atom stereocenters. The van der Waals surface area contributed by atoms with E-state index in [1.807, 2.05) is 0 Å². The van der Waals surface area contributed by atoms with Crippen molar-refractivity contribution in [3.63, 3.8) is 0 Å². The number of carbonyl (C=O) groups is 1. The van der Waals surface area contributed by atoms with Gasteiger partial charge in [0.15, 0.2) is 5.78 Å². The summed E-state index contributed by atoms with van der Waals surface area (Å²) in [5, 5.41) is 2.57. The van der Waals surface area contributed by atoms with E-state index in [0.29, 0.717) is 17.9 Å². The lowest BCUT2D eigenvalue weighted by Crippen LogP contribution is -2.50. The molecule has 2 aromatic rings. The van der Waals surface area contributed by atoms with Crippen LogP contribution in [0, 0.1) is 5.92 Å². The first-order valence-electron chi connectivity index (χ1n) is 11.7. The molecule has 154 valence electrons. The van der Waals surface area contributed by atoms with Crippen molar-refractivity contribution < 1.29 is 4.79 Å². The SMILES string of the molecule is CC(C)N1CCC(N2CCC[C@@H](C(=O)c3ccc4c5c(cccc35)CC4)C2)CC1. The lowest BCUT2D eigenvalue weighted by atomic mass is 9.86. The third-order valence-electron chi connectivity index (χ3n) is 7.71. The normalized spacial score (nSPS) is 23.9. The lowest BCUT2D eigenvalue weighted by molar-refractivity contribution is 0.0545. The Morgan fingerprint density at radius 3 is 2.48 bits per heavy atom. The molecular formula is C26H34N2O. The van der Waals surface area contributed by atoms with Gasteiger partial charge in [0.25, 0.3) is 0 Å². The van der Waals surface area contributed by atoms with E-state index in [1.165, 1.54) is 54.4 Å². The molecule has 2 saturated heterocycles. The minimum absolute atomic E-state index is 0.158. The first kappa shape index (κ1) is 19.3. The van der Waals surface area contributed by atoms with Crippen LogP contribution in [0.15, 0.2) is 30.3 Å². The Balaban J connectivity index is 1.33. The molecule has 5 rings (SSSR count). The molecule has 0 N–H and O–H groups in total. The highest BCUT2D eigenvalue weighted by Crippen LogP contribution is 2.35. The highest BCUT2D eigenvalue weighted by molar-refractivity contribution is 6.11. The summed E-state index contributed by atoms with van der Waals surface area (Å²) in [6, 6.07) is 12.2. The average molecular weight is 391 g/mol. The molecule has 3 aliphatic rings. The number of hydrogen-bond donors (Lipinski definition) is 0. The monoisotopic (exact) mass is 390 g/mol. The van der Waals surface area contributed by atoms with Crippen LogP contribution in [0.2, 0.25) is 0 Å². The van der Waals surface area contributed by atoms with Crippen molar-refractivity contribution in [2.45, 2.75) is 64.5 Å². The van der Waals surface area contributed by atoms with Crippen molar-refractivity contribution >= 4 is 16.6 Å². The van der Waals surface area contributed by atoms with E-state index in [9.17, 15) is 4.79 Å². The van der Waals surface area contributed by atoms with Gasteiger partial charge < -0.3 is 4.90 Å². The van der Waals surface area contributed by atoms with Crippen LogP contribution in [-0.4, -0.2) is 53.8 Å². The second-order valence-electron chi connectivity index (χ2n) is 9.67. The third kappa shape index (κ3) is 3.53. The fraction of sp³-hybridized carbons (Fsp3) is 0.577.